The Morgan fingerprint density at radius 2 is 2.06 bits per heavy atom. The average Bonchev–Trinajstić information content (AvgIpc) is 2.67. The lowest BCUT2D eigenvalue weighted by atomic mass is 10.1. The normalized spacial score (nSPS) is 24.9. The van der Waals surface area contributed by atoms with Crippen LogP contribution in [-0.2, 0) is 6.54 Å². The van der Waals surface area contributed by atoms with Gasteiger partial charge >= 0.3 is 0 Å². The molecule has 1 nitrogen and oxygen atoms in total. The minimum Gasteiger partial charge on any atom is -0.312 e. The molecule has 16 heavy (non-hydrogen) atoms. The Labute approximate surface area is 99.3 Å². The predicted molar refractivity (Wildman–Crippen MR) is 69.4 cm³/mol. The topological polar surface area (TPSA) is 12.0 Å². The second-order valence-electron chi connectivity index (χ2n) is 5.34. The van der Waals surface area contributed by atoms with Crippen LogP contribution in [0.15, 0.2) is 24.3 Å². The number of aryl methyl sites for hydroxylation is 1. The molecular formula is C15H23N. The highest BCUT2D eigenvalue weighted by Crippen LogP contribution is 2.29. The molecule has 0 aromatic heterocycles. The van der Waals surface area contributed by atoms with Crippen LogP contribution in [0.4, 0.5) is 0 Å². The molecule has 0 amide bonds. The van der Waals surface area contributed by atoms with E-state index in [4.69, 9.17) is 0 Å². The van der Waals surface area contributed by atoms with Crippen molar-refractivity contribution < 1.29 is 0 Å². The predicted octanol–water partition coefficient (Wildman–Crippen LogP) is 3.52. The van der Waals surface area contributed by atoms with Gasteiger partial charge in [-0.1, -0.05) is 37.6 Å². The van der Waals surface area contributed by atoms with Gasteiger partial charge < -0.3 is 5.32 Å². The molecule has 1 aromatic rings. The Kier molecular flexibility index (Phi) is 4.00. The van der Waals surface area contributed by atoms with Gasteiger partial charge in [-0.25, -0.2) is 0 Å². The Morgan fingerprint density at radius 1 is 1.25 bits per heavy atom. The molecule has 2 unspecified atom stereocenters. The first-order valence-electron chi connectivity index (χ1n) is 6.51. The second kappa shape index (κ2) is 5.49. The largest absolute Gasteiger partial charge is 0.312 e. The molecule has 1 heteroatoms. The highest BCUT2D eigenvalue weighted by molar-refractivity contribution is 5.25. The van der Waals surface area contributed by atoms with E-state index in [0.29, 0.717) is 0 Å². The van der Waals surface area contributed by atoms with Gasteiger partial charge in [0.15, 0.2) is 0 Å². The highest BCUT2D eigenvalue weighted by Gasteiger charge is 2.20. The molecule has 88 valence electrons. The lowest BCUT2D eigenvalue weighted by molar-refractivity contribution is 0.470. The van der Waals surface area contributed by atoms with E-state index < -0.39 is 0 Å². The van der Waals surface area contributed by atoms with Crippen molar-refractivity contribution in [2.75, 3.05) is 6.54 Å². The van der Waals surface area contributed by atoms with Crippen LogP contribution in [0.3, 0.4) is 0 Å². The second-order valence-corrected chi connectivity index (χ2v) is 5.34. The summed E-state index contributed by atoms with van der Waals surface area (Å²) in [5.74, 6) is 1.87. The standard InChI is InChI=1S/C15H23N/c1-12-7-8-14(9-12)10-16-11-15-6-4-3-5-13(15)2/h3-6,12,14,16H,7-11H2,1-2H3. The zero-order valence-electron chi connectivity index (χ0n) is 10.5. The van der Waals surface area contributed by atoms with Crippen molar-refractivity contribution in [3.63, 3.8) is 0 Å². The summed E-state index contributed by atoms with van der Waals surface area (Å²) in [6.07, 6.45) is 4.26. The van der Waals surface area contributed by atoms with Crippen molar-refractivity contribution in [3.05, 3.63) is 35.4 Å². The molecule has 2 atom stereocenters. The fourth-order valence-electron chi connectivity index (χ4n) is 2.73. The Bertz CT molecular complexity index is 332. The zero-order valence-corrected chi connectivity index (χ0v) is 10.5. The molecule has 1 N–H and O–H groups in total. The third-order valence-electron chi connectivity index (χ3n) is 3.81. The van der Waals surface area contributed by atoms with Crippen molar-refractivity contribution in [2.45, 2.75) is 39.7 Å². The number of nitrogens with one attached hydrogen (secondary N) is 1. The van der Waals surface area contributed by atoms with Gasteiger partial charge in [-0.2, -0.15) is 0 Å². The molecule has 1 aliphatic rings. The Hall–Kier alpha value is -0.820. The van der Waals surface area contributed by atoms with Gasteiger partial charge in [0.05, 0.1) is 0 Å². The lowest BCUT2D eigenvalue weighted by Crippen LogP contribution is -2.21. The smallest absolute Gasteiger partial charge is 0.0208 e. The summed E-state index contributed by atoms with van der Waals surface area (Å²) in [6, 6.07) is 8.65. The van der Waals surface area contributed by atoms with Crippen LogP contribution in [0, 0.1) is 18.8 Å². The average molecular weight is 217 g/mol. The summed E-state index contributed by atoms with van der Waals surface area (Å²) in [6.45, 7) is 6.78. The minimum absolute atomic E-state index is 0.916. The van der Waals surface area contributed by atoms with Crippen molar-refractivity contribution in [1.82, 2.24) is 5.32 Å². The molecule has 0 saturated heterocycles. The van der Waals surface area contributed by atoms with E-state index in [1.807, 2.05) is 0 Å². The van der Waals surface area contributed by atoms with E-state index >= 15 is 0 Å². The molecule has 0 bridgehead atoms. The van der Waals surface area contributed by atoms with E-state index in [-0.39, 0.29) is 0 Å². The summed E-state index contributed by atoms with van der Waals surface area (Å²) in [5, 5.41) is 3.60. The zero-order chi connectivity index (χ0) is 11.4. The molecular weight excluding hydrogens is 194 g/mol. The molecule has 1 aromatic carbocycles. The fraction of sp³-hybridized carbons (Fsp3) is 0.600. The maximum absolute atomic E-state index is 3.60. The van der Waals surface area contributed by atoms with Crippen LogP contribution in [-0.4, -0.2) is 6.54 Å². The molecule has 0 radical (unpaired) electrons. The third-order valence-corrected chi connectivity index (χ3v) is 3.81. The van der Waals surface area contributed by atoms with E-state index in [1.165, 1.54) is 36.9 Å². The summed E-state index contributed by atoms with van der Waals surface area (Å²) >= 11 is 0. The number of hydrogen-bond donors (Lipinski definition) is 1. The van der Waals surface area contributed by atoms with Crippen LogP contribution in [0.2, 0.25) is 0 Å². The number of benzene rings is 1. The van der Waals surface area contributed by atoms with Crippen molar-refractivity contribution >= 4 is 0 Å². The molecule has 0 aliphatic heterocycles. The van der Waals surface area contributed by atoms with Gasteiger partial charge in [-0.3, -0.25) is 0 Å². The number of hydrogen-bond acceptors (Lipinski definition) is 1. The third kappa shape index (κ3) is 3.08. The lowest BCUT2D eigenvalue weighted by Gasteiger charge is -2.12. The Balaban J connectivity index is 1.74. The van der Waals surface area contributed by atoms with Gasteiger partial charge in [0.1, 0.15) is 0 Å². The summed E-state index contributed by atoms with van der Waals surface area (Å²) < 4.78 is 0. The number of rotatable bonds is 4. The molecule has 2 rings (SSSR count). The monoisotopic (exact) mass is 217 g/mol. The van der Waals surface area contributed by atoms with Crippen molar-refractivity contribution in [3.8, 4) is 0 Å². The first-order valence-corrected chi connectivity index (χ1v) is 6.51. The fourth-order valence-corrected chi connectivity index (χ4v) is 2.73. The summed E-state index contributed by atoms with van der Waals surface area (Å²) in [7, 11) is 0. The summed E-state index contributed by atoms with van der Waals surface area (Å²) in [4.78, 5) is 0. The summed E-state index contributed by atoms with van der Waals surface area (Å²) in [5.41, 5.74) is 2.84. The van der Waals surface area contributed by atoms with Crippen LogP contribution >= 0.6 is 0 Å². The SMILES string of the molecule is Cc1ccccc1CNCC1CCC(C)C1. The van der Waals surface area contributed by atoms with Crippen LogP contribution in [0.5, 0.6) is 0 Å². The first kappa shape index (κ1) is 11.7. The van der Waals surface area contributed by atoms with Gasteiger partial charge in [-0.15, -0.1) is 0 Å². The van der Waals surface area contributed by atoms with Crippen molar-refractivity contribution in [2.24, 2.45) is 11.8 Å². The molecule has 1 aliphatic carbocycles. The molecule has 1 saturated carbocycles. The highest BCUT2D eigenvalue weighted by atomic mass is 14.9. The maximum Gasteiger partial charge on any atom is 0.0208 e. The molecule has 0 spiro atoms. The van der Waals surface area contributed by atoms with Crippen LogP contribution < -0.4 is 5.32 Å². The van der Waals surface area contributed by atoms with Crippen molar-refractivity contribution in [1.29, 1.82) is 0 Å². The van der Waals surface area contributed by atoms with E-state index in [1.54, 1.807) is 0 Å². The van der Waals surface area contributed by atoms with E-state index in [0.717, 1.165) is 18.4 Å². The van der Waals surface area contributed by atoms with E-state index in [9.17, 15) is 0 Å². The maximum atomic E-state index is 3.60. The minimum atomic E-state index is 0.916. The van der Waals surface area contributed by atoms with Gasteiger partial charge in [-0.05, 0) is 49.3 Å². The van der Waals surface area contributed by atoms with Gasteiger partial charge in [0.25, 0.3) is 0 Å². The Morgan fingerprint density at radius 3 is 2.75 bits per heavy atom. The van der Waals surface area contributed by atoms with Crippen LogP contribution in [0.25, 0.3) is 0 Å². The molecule has 1 fully saturated rings. The van der Waals surface area contributed by atoms with Gasteiger partial charge in [0.2, 0.25) is 0 Å². The quantitative estimate of drug-likeness (QED) is 0.813. The van der Waals surface area contributed by atoms with Gasteiger partial charge in [0, 0.05) is 6.54 Å². The van der Waals surface area contributed by atoms with Crippen LogP contribution in [0.1, 0.15) is 37.3 Å². The first-order chi connectivity index (χ1) is 7.75. The van der Waals surface area contributed by atoms with E-state index in [2.05, 4.69) is 43.4 Å². The molecule has 0 heterocycles.